The zero-order chi connectivity index (χ0) is 20.5. The molecule has 0 aliphatic heterocycles. The van der Waals surface area contributed by atoms with Crippen LogP contribution < -0.4 is 10.9 Å². The third-order valence-corrected chi connectivity index (χ3v) is 4.95. The second-order valence-electron chi connectivity index (χ2n) is 6.56. The maximum atomic E-state index is 14.2. The lowest BCUT2D eigenvalue weighted by Crippen LogP contribution is -2.42. The van der Waals surface area contributed by atoms with E-state index in [4.69, 9.17) is 11.6 Å². The van der Waals surface area contributed by atoms with E-state index in [0.717, 1.165) is 17.7 Å². The number of hydrazine groups is 1. The van der Waals surface area contributed by atoms with E-state index in [2.05, 4.69) is 16.0 Å². The molecule has 0 bridgehead atoms. The van der Waals surface area contributed by atoms with Crippen molar-refractivity contribution in [2.75, 3.05) is 0 Å². The molecular weight excluding hydrogens is 399 g/mol. The summed E-state index contributed by atoms with van der Waals surface area (Å²) in [4.78, 5) is 24.9. The molecular formula is C20H16ClFN4O3. The van der Waals surface area contributed by atoms with E-state index < -0.39 is 17.6 Å². The second-order valence-corrected chi connectivity index (χ2v) is 7.00. The Labute approximate surface area is 170 Å². The molecule has 2 aromatic carbocycles. The number of hydrogen-bond donors (Lipinski definition) is 3. The molecule has 0 radical (unpaired) electrons. The zero-order valence-corrected chi connectivity index (χ0v) is 15.8. The third kappa shape index (κ3) is 3.54. The van der Waals surface area contributed by atoms with Crippen LogP contribution in [0.15, 0.2) is 42.5 Å². The van der Waals surface area contributed by atoms with Gasteiger partial charge in [0.15, 0.2) is 5.69 Å². The number of hydrogen-bond acceptors (Lipinski definition) is 4. The topological polar surface area (TPSA) is 96.3 Å². The van der Waals surface area contributed by atoms with Gasteiger partial charge in [0, 0.05) is 16.3 Å². The van der Waals surface area contributed by atoms with Gasteiger partial charge in [0.05, 0.1) is 5.56 Å². The van der Waals surface area contributed by atoms with E-state index in [-0.39, 0.29) is 27.7 Å². The quantitative estimate of drug-likeness (QED) is 0.574. The molecule has 0 spiro atoms. The lowest BCUT2D eigenvalue weighted by Gasteiger charge is -2.08. The SMILES string of the molecule is O=C(NNC(=O)c1nn(-c2ccccc2F)c2c1CCC2)c1cc(Cl)ccc1O. The fourth-order valence-electron chi connectivity index (χ4n) is 3.37. The Morgan fingerprint density at radius 1 is 1.10 bits per heavy atom. The smallest absolute Gasteiger partial charge is 0.290 e. The summed E-state index contributed by atoms with van der Waals surface area (Å²) in [7, 11) is 0. The molecule has 1 heterocycles. The third-order valence-electron chi connectivity index (χ3n) is 4.72. The highest BCUT2D eigenvalue weighted by molar-refractivity contribution is 6.31. The Kier molecular flexibility index (Phi) is 4.94. The molecule has 0 saturated carbocycles. The van der Waals surface area contributed by atoms with Crippen molar-refractivity contribution in [1.29, 1.82) is 0 Å². The minimum Gasteiger partial charge on any atom is -0.507 e. The summed E-state index contributed by atoms with van der Waals surface area (Å²) in [5.41, 5.74) is 6.33. The number of carbonyl (C=O) groups is 2. The summed E-state index contributed by atoms with van der Waals surface area (Å²) in [5.74, 6) is -2.08. The number of nitrogens with one attached hydrogen (secondary N) is 2. The fraction of sp³-hybridized carbons (Fsp3) is 0.150. The van der Waals surface area contributed by atoms with Gasteiger partial charge in [0.1, 0.15) is 17.3 Å². The number of aromatic hydroxyl groups is 1. The lowest BCUT2D eigenvalue weighted by atomic mass is 10.2. The molecule has 1 aliphatic carbocycles. The molecule has 1 aromatic heterocycles. The van der Waals surface area contributed by atoms with Crippen LogP contribution in [0.2, 0.25) is 5.02 Å². The number of nitrogens with zero attached hydrogens (tertiary/aromatic N) is 2. The van der Waals surface area contributed by atoms with E-state index in [0.29, 0.717) is 12.8 Å². The number of benzene rings is 2. The highest BCUT2D eigenvalue weighted by Crippen LogP contribution is 2.28. The number of amides is 2. The van der Waals surface area contributed by atoms with Gasteiger partial charge in [-0.2, -0.15) is 5.10 Å². The van der Waals surface area contributed by atoms with Crippen molar-refractivity contribution in [3.8, 4) is 11.4 Å². The van der Waals surface area contributed by atoms with Crippen molar-refractivity contribution >= 4 is 23.4 Å². The molecule has 3 aromatic rings. The van der Waals surface area contributed by atoms with Crippen molar-refractivity contribution in [1.82, 2.24) is 20.6 Å². The monoisotopic (exact) mass is 414 g/mol. The van der Waals surface area contributed by atoms with E-state index in [1.54, 1.807) is 18.2 Å². The predicted molar refractivity (Wildman–Crippen MR) is 104 cm³/mol. The van der Waals surface area contributed by atoms with Crippen LogP contribution in [0.25, 0.3) is 5.69 Å². The van der Waals surface area contributed by atoms with Gasteiger partial charge >= 0.3 is 0 Å². The van der Waals surface area contributed by atoms with E-state index >= 15 is 0 Å². The Balaban J connectivity index is 1.57. The first-order chi connectivity index (χ1) is 14.0. The number of aromatic nitrogens is 2. The minimum atomic E-state index is -0.733. The van der Waals surface area contributed by atoms with Crippen LogP contribution in [0.4, 0.5) is 4.39 Å². The summed E-state index contributed by atoms with van der Waals surface area (Å²) in [6, 6.07) is 10.2. The van der Waals surface area contributed by atoms with E-state index in [9.17, 15) is 19.1 Å². The number of phenolic OH excluding ortho intramolecular Hbond substituents is 1. The van der Waals surface area contributed by atoms with E-state index in [1.807, 2.05) is 0 Å². The van der Waals surface area contributed by atoms with Gasteiger partial charge in [0.25, 0.3) is 11.8 Å². The van der Waals surface area contributed by atoms with Crippen LogP contribution in [0.5, 0.6) is 5.75 Å². The van der Waals surface area contributed by atoms with Gasteiger partial charge in [-0.25, -0.2) is 9.07 Å². The van der Waals surface area contributed by atoms with Crippen molar-refractivity contribution in [3.05, 3.63) is 75.8 Å². The minimum absolute atomic E-state index is 0.0834. The molecule has 29 heavy (non-hydrogen) atoms. The van der Waals surface area contributed by atoms with Crippen LogP contribution in [-0.2, 0) is 12.8 Å². The molecule has 4 rings (SSSR count). The number of carbonyl (C=O) groups excluding carboxylic acids is 2. The van der Waals surface area contributed by atoms with Crippen LogP contribution in [0, 0.1) is 5.82 Å². The summed E-state index contributed by atoms with van der Waals surface area (Å²) < 4.78 is 15.7. The maximum absolute atomic E-state index is 14.2. The molecule has 0 unspecified atom stereocenters. The zero-order valence-electron chi connectivity index (χ0n) is 15.1. The molecule has 0 atom stereocenters. The summed E-state index contributed by atoms with van der Waals surface area (Å²) in [6.07, 6.45) is 2.13. The van der Waals surface area contributed by atoms with Crippen molar-refractivity contribution in [2.45, 2.75) is 19.3 Å². The summed E-state index contributed by atoms with van der Waals surface area (Å²) >= 11 is 5.84. The fourth-order valence-corrected chi connectivity index (χ4v) is 3.54. The van der Waals surface area contributed by atoms with Gasteiger partial charge in [0.2, 0.25) is 0 Å². The van der Waals surface area contributed by atoms with Gasteiger partial charge in [-0.15, -0.1) is 0 Å². The van der Waals surface area contributed by atoms with E-state index in [1.165, 1.54) is 28.9 Å². The molecule has 2 amide bonds. The number of fused-ring (bicyclic) bond motifs is 1. The van der Waals surface area contributed by atoms with Crippen LogP contribution in [0.1, 0.15) is 38.5 Å². The van der Waals surface area contributed by atoms with Crippen LogP contribution in [-0.4, -0.2) is 26.7 Å². The molecule has 7 nitrogen and oxygen atoms in total. The number of phenols is 1. The molecule has 148 valence electrons. The molecule has 1 aliphatic rings. The summed E-state index contributed by atoms with van der Waals surface area (Å²) in [6.45, 7) is 0. The number of halogens is 2. The van der Waals surface area contributed by atoms with Gasteiger partial charge in [-0.1, -0.05) is 23.7 Å². The van der Waals surface area contributed by atoms with Gasteiger partial charge in [-0.05, 0) is 49.6 Å². The first-order valence-electron chi connectivity index (χ1n) is 8.90. The van der Waals surface area contributed by atoms with Gasteiger partial charge < -0.3 is 5.11 Å². The highest BCUT2D eigenvalue weighted by atomic mass is 35.5. The Bertz CT molecular complexity index is 1130. The van der Waals surface area contributed by atoms with Crippen molar-refractivity contribution in [3.63, 3.8) is 0 Å². The molecule has 9 heteroatoms. The molecule has 0 fully saturated rings. The number of rotatable bonds is 3. The first kappa shape index (κ1) is 18.9. The summed E-state index contributed by atoms with van der Waals surface area (Å²) in [5, 5.41) is 14.3. The Morgan fingerprint density at radius 3 is 2.66 bits per heavy atom. The second kappa shape index (κ2) is 7.56. The largest absolute Gasteiger partial charge is 0.507 e. The number of para-hydroxylation sites is 1. The molecule has 0 saturated heterocycles. The average Bonchev–Trinajstić information content (AvgIpc) is 3.31. The van der Waals surface area contributed by atoms with Gasteiger partial charge in [-0.3, -0.25) is 20.4 Å². The maximum Gasteiger partial charge on any atom is 0.290 e. The first-order valence-corrected chi connectivity index (χ1v) is 9.28. The normalized spacial score (nSPS) is 12.5. The molecule has 3 N–H and O–H groups in total. The van der Waals surface area contributed by atoms with Crippen molar-refractivity contribution < 1.29 is 19.1 Å². The standard InChI is InChI=1S/C20H16ClFN4O3/c21-11-8-9-17(27)13(10-11)19(28)23-24-20(29)18-12-4-3-7-15(12)26(25-18)16-6-2-1-5-14(16)22/h1-2,5-6,8-10,27H,3-4,7H2,(H,23,28)(H,24,29). The highest BCUT2D eigenvalue weighted by Gasteiger charge is 2.28. The average molecular weight is 415 g/mol. The Morgan fingerprint density at radius 2 is 1.86 bits per heavy atom. The van der Waals surface area contributed by atoms with Crippen LogP contribution >= 0.6 is 11.6 Å². The Hall–Kier alpha value is -3.39. The van der Waals surface area contributed by atoms with Crippen LogP contribution in [0.3, 0.4) is 0 Å². The lowest BCUT2D eigenvalue weighted by molar-refractivity contribution is 0.0841. The van der Waals surface area contributed by atoms with Crippen molar-refractivity contribution in [2.24, 2.45) is 0 Å². The predicted octanol–water partition coefficient (Wildman–Crippen LogP) is 2.93.